The topological polar surface area (TPSA) is 70.9 Å². The van der Waals surface area contributed by atoms with Crippen LogP contribution < -0.4 is 5.32 Å². The maximum absolute atomic E-state index is 12.9. The van der Waals surface area contributed by atoms with Gasteiger partial charge in [-0.3, -0.25) is 9.59 Å². The van der Waals surface area contributed by atoms with Gasteiger partial charge >= 0.3 is 0 Å². The van der Waals surface area contributed by atoms with Crippen LogP contribution >= 0.6 is 11.8 Å². The molecule has 24 heavy (non-hydrogen) atoms. The number of benzene rings is 1. The Balaban J connectivity index is 1.60. The number of Topliss-reactive ketones (excluding diaryl/α,β-unsaturated/α-hetero) is 1. The number of rotatable bonds is 4. The number of halogens is 1. The Hall–Kier alpha value is -2.02. The Labute approximate surface area is 143 Å². The van der Waals surface area contributed by atoms with Crippen LogP contribution in [-0.4, -0.2) is 27.8 Å². The molecule has 0 radical (unpaired) electrons. The molecule has 1 aliphatic carbocycles. The number of amidine groups is 1. The van der Waals surface area contributed by atoms with E-state index in [1.165, 1.54) is 42.4 Å². The highest BCUT2D eigenvalue weighted by Gasteiger charge is 2.32. The summed E-state index contributed by atoms with van der Waals surface area (Å²) in [5, 5.41) is 10.9. The average molecular weight is 347 g/mol. The van der Waals surface area contributed by atoms with E-state index in [-0.39, 0.29) is 18.1 Å². The van der Waals surface area contributed by atoms with Crippen molar-refractivity contribution in [2.45, 2.75) is 43.8 Å². The second-order valence-electron chi connectivity index (χ2n) is 5.86. The van der Waals surface area contributed by atoms with Gasteiger partial charge in [0, 0.05) is 17.7 Å². The van der Waals surface area contributed by atoms with Gasteiger partial charge in [0.15, 0.2) is 11.0 Å². The molecule has 0 spiro atoms. The molecule has 2 aliphatic rings. The van der Waals surface area contributed by atoms with Crippen LogP contribution in [0, 0.1) is 5.82 Å². The maximum atomic E-state index is 12.9. The van der Waals surface area contributed by atoms with Gasteiger partial charge in [0.1, 0.15) is 5.82 Å². The molecule has 1 aliphatic heterocycles. The number of amides is 1. The molecule has 7 heteroatoms. The van der Waals surface area contributed by atoms with Crippen molar-refractivity contribution in [1.82, 2.24) is 5.32 Å². The van der Waals surface area contributed by atoms with Gasteiger partial charge in [-0.2, -0.15) is 5.10 Å². The largest absolute Gasteiger partial charge is 0.303 e. The standard InChI is InChI=1S/C17H18FN3O2S/c18-12-8-6-11(7-9-12)14(22)10-15-16(23)19-17(24-15)21-20-13-4-2-1-3-5-13/h6-9,15H,1-5,10H2,(H,19,21,23)/t15-/m1/s1. The van der Waals surface area contributed by atoms with Crippen molar-refractivity contribution < 1.29 is 14.0 Å². The predicted octanol–water partition coefficient (Wildman–Crippen LogP) is 3.31. The number of hydrogen-bond acceptors (Lipinski definition) is 5. The van der Waals surface area contributed by atoms with Crippen LogP contribution in [0.5, 0.6) is 0 Å². The highest BCUT2D eigenvalue weighted by molar-refractivity contribution is 8.15. The third kappa shape index (κ3) is 4.29. The van der Waals surface area contributed by atoms with Crippen LogP contribution in [0.1, 0.15) is 48.9 Å². The summed E-state index contributed by atoms with van der Waals surface area (Å²) in [5.74, 6) is -0.823. The summed E-state index contributed by atoms with van der Waals surface area (Å²) in [6.45, 7) is 0. The van der Waals surface area contributed by atoms with Gasteiger partial charge in [-0.25, -0.2) is 4.39 Å². The van der Waals surface area contributed by atoms with Gasteiger partial charge in [0.25, 0.3) is 0 Å². The third-order valence-corrected chi connectivity index (χ3v) is 5.10. The predicted molar refractivity (Wildman–Crippen MR) is 92.8 cm³/mol. The van der Waals surface area contributed by atoms with Crippen molar-refractivity contribution in [2.24, 2.45) is 10.2 Å². The molecule has 1 amide bonds. The Morgan fingerprint density at radius 2 is 1.88 bits per heavy atom. The lowest BCUT2D eigenvalue weighted by Gasteiger charge is -2.10. The Morgan fingerprint density at radius 3 is 2.58 bits per heavy atom. The number of nitrogens with zero attached hydrogens (tertiary/aromatic N) is 2. The van der Waals surface area contributed by atoms with E-state index in [4.69, 9.17) is 0 Å². The minimum atomic E-state index is -0.521. The van der Waals surface area contributed by atoms with Crippen LogP contribution in [0.4, 0.5) is 4.39 Å². The van der Waals surface area contributed by atoms with Crippen molar-refractivity contribution in [3.05, 3.63) is 35.6 Å². The van der Waals surface area contributed by atoms with Crippen molar-refractivity contribution in [2.75, 3.05) is 0 Å². The summed E-state index contributed by atoms with van der Waals surface area (Å²) in [6.07, 6.45) is 5.48. The fraction of sp³-hybridized carbons (Fsp3) is 0.412. The van der Waals surface area contributed by atoms with E-state index in [0.29, 0.717) is 10.7 Å². The van der Waals surface area contributed by atoms with Crippen molar-refractivity contribution in [1.29, 1.82) is 0 Å². The summed E-state index contributed by atoms with van der Waals surface area (Å²) in [4.78, 5) is 24.2. The second kappa shape index (κ2) is 7.70. The lowest BCUT2D eigenvalue weighted by Crippen LogP contribution is -2.26. The Morgan fingerprint density at radius 1 is 1.17 bits per heavy atom. The zero-order chi connectivity index (χ0) is 16.9. The summed E-state index contributed by atoms with van der Waals surface area (Å²) >= 11 is 1.22. The van der Waals surface area contributed by atoms with E-state index in [0.717, 1.165) is 31.4 Å². The van der Waals surface area contributed by atoms with Crippen LogP contribution in [0.25, 0.3) is 0 Å². The zero-order valence-electron chi connectivity index (χ0n) is 13.1. The number of carbonyl (C=O) groups is 2. The minimum Gasteiger partial charge on any atom is -0.303 e. The number of nitrogens with one attached hydrogen (secondary N) is 1. The smallest absolute Gasteiger partial charge is 0.240 e. The maximum Gasteiger partial charge on any atom is 0.240 e. The average Bonchev–Trinajstić information content (AvgIpc) is 2.94. The van der Waals surface area contributed by atoms with Crippen molar-refractivity contribution >= 4 is 34.3 Å². The Bertz CT molecular complexity index is 692. The van der Waals surface area contributed by atoms with Gasteiger partial charge in [-0.15, -0.1) is 5.10 Å². The molecule has 1 atom stereocenters. The molecular formula is C17H18FN3O2S. The van der Waals surface area contributed by atoms with Crippen molar-refractivity contribution in [3.8, 4) is 0 Å². The summed E-state index contributed by atoms with van der Waals surface area (Å²) in [5.41, 5.74) is 1.46. The molecule has 2 fully saturated rings. The summed E-state index contributed by atoms with van der Waals surface area (Å²) < 4.78 is 12.9. The minimum absolute atomic E-state index is 0.0533. The van der Waals surface area contributed by atoms with E-state index < -0.39 is 11.1 Å². The van der Waals surface area contributed by atoms with E-state index >= 15 is 0 Å². The first kappa shape index (κ1) is 16.8. The fourth-order valence-electron chi connectivity index (χ4n) is 2.68. The van der Waals surface area contributed by atoms with E-state index in [9.17, 15) is 14.0 Å². The molecule has 1 saturated heterocycles. The Kier molecular flexibility index (Phi) is 5.40. The molecule has 0 unspecified atom stereocenters. The van der Waals surface area contributed by atoms with E-state index in [1.807, 2.05) is 0 Å². The SMILES string of the molecule is O=C(C[C@H]1S/C(=N/N=C2CCCCC2)NC1=O)c1ccc(F)cc1. The first-order chi connectivity index (χ1) is 11.6. The number of carbonyl (C=O) groups excluding carboxylic acids is 2. The third-order valence-electron chi connectivity index (χ3n) is 4.03. The van der Waals surface area contributed by atoms with Crippen LogP contribution in [0.3, 0.4) is 0 Å². The summed E-state index contributed by atoms with van der Waals surface area (Å²) in [6, 6.07) is 5.34. The quantitative estimate of drug-likeness (QED) is 0.671. The molecule has 1 aromatic carbocycles. The molecule has 1 aromatic rings. The highest BCUT2D eigenvalue weighted by atomic mass is 32.2. The number of thioether (sulfide) groups is 1. The second-order valence-corrected chi connectivity index (χ2v) is 7.05. The van der Waals surface area contributed by atoms with Crippen LogP contribution in [0.2, 0.25) is 0 Å². The fourth-order valence-corrected chi connectivity index (χ4v) is 3.60. The van der Waals surface area contributed by atoms with Gasteiger partial charge in [0.2, 0.25) is 5.91 Å². The normalized spacial score (nSPS) is 22.5. The first-order valence-electron chi connectivity index (χ1n) is 8.01. The number of ketones is 1. The zero-order valence-corrected chi connectivity index (χ0v) is 13.9. The van der Waals surface area contributed by atoms with Crippen LogP contribution in [-0.2, 0) is 4.79 Å². The van der Waals surface area contributed by atoms with Gasteiger partial charge in [0.05, 0.1) is 5.25 Å². The molecule has 126 valence electrons. The van der Waals surface area contributed by atoms with Crippen LogP contribution in [0.15, 0.2) is 34.5 Å². The molecule has 5 nitrogen and oxygen atoms in total. The lowest BCUT2D eigenvalue weighted by molar-refractivity contribution is -0.118. The van der Waals surface area contributed by atoms with Gasteiger partial charge < -0.3 is 5.32 Å². The van der Waals surface area contributed by atoms with Gasteiger partial charge in [-0.05, 0) is 49.9 Å². The monoisotopic (exact) mass is 347 g/mol. The van der Waals surface area contributed by atoms with Gasteiger partial charge in [-0.1, -0.05) is 18.2 Å². The van der Waals surface area contributed by atoms with E-state index in [1.54, 1.807) is 0 Å². The molecule has 0 bridgehead atoms. The molecule has 1 N–H and O–H groups in total. The van der Waals surface area contributed by atoms with E-state index in [2.05, 4.69) is 15.5 Å². The number of hydrogen-bond donors (Lipinski definition) is 1. The highest BCUT2D eigenvalue weighted by Crippen LogP contribution is 2.24. The summed E-state index contributed by atoms with van der Waals surface area (Å²) in [7, 11) is 0. The lowest BCUT2D eigenvalue weighted by atomic mass is 9.99. The molecular weight excluding hydrogens is 329 g/mol. The van der Waals surface area contributed by atoms with Crippen molar-refractivity contribution in [3.63, 3.8) is 0 Å². The molecule has 3 rings (SSSR count). The molecule has 0 aromatic heterocycles. The first-order valence-corrected chi connectivity index (χ1v) is 8.89. The molecule has 1 heterocycles. The molecule has 1 saturated carbocycles.